The van der Waals surface area contributed by atoms with Crippen LogP contribution in [-0.4, -0.2) is 22.8 Å². The molecule has 0 aliphatic carbocycles. The molecule has 0 aliphatic heterocycles. The number of hydrogen-bond donors (Lipinski definition) is 1. The van der Waals surface area contributed by atoms with Gasteiger partial charge in [-0.2, -0.15) is 5.10 Å². The van der Waals surface area contributed by atoms with E-state index in [0.717, 1.165) is 11.3 Å². The predicted molar refractivity (Wildman–Crippen MR) is 92.7 cm³/mol. The van der Waals surface area contributed by atoms with Gasteiger partial charge in [0, 0.05) is 11.6 Å². The van der Waals surface area contributed by atoms with E-state index in [0.29, 0.717) is 17.3 Å². The number of aromatic nitrogens is 2. The van der Waals surface area contributed by atoms with Gasteiger partial charge in [-0.1, -0.05) is 48.0 Å². The minimum atomic E-state index is -0.318. The minimum Gasteiger partial charge on any atom is -0.493 e. The molecule has 24 heavy (non-hydrogen) atoms. The lowest BCUT2D eigenvalue weighted by molar-refractivity contribution is 0.0942. The predicted octanol–water partition coefficient (Wildman–Crippen LogP) is 3.46. The van der Waals surface area contributed by atoms with Crippen molar-refractivity contribution in [1.82, 2.24) is 15.1 Å². The number of hydrogen-bond acceptors (Lipinski definition) is 3. The van der Waals surface area contributed by atoms with Crippen molar-refractivity contribution in [1.29, 1.82) is 0 Å². The third-order valence-corrected chi connectivity index (χ3v) is 3.90. The second kappa shape index (κ2) is 7.19. The van der Waals surface area contributed by atoms with Gasteiger partial charge in [-0.05, 0) is 23.8 Å². The maximum absolute atomic E-state index is 12.4. The zero-order chi connectivity index (χ0) is 16.9. The SMILES string of the molecule is COc1cn(-c2ccccc2)nc1C(=O)NCc1ccccc1Cl. The summed E-state index contributed by atoms with van der Waals surface area (Å²) in [5, 5.41) is 7.76. The van der Waals surface area contributed by atoms with Gasteiger partial charge in [0.1, 0.15) is 0 Å². The van der Waals surface area contributed by atoms with Crippen LogP contribution in [-0.2, 0) is 6.54 Å². The third-order valence-electron chi connectivity index (χ3n) is 3.53. The molecule has 1 N–H and O–H groups in total. The number of nitrogens with zero attached hydrogens (tertiary/aromatic N) is 2. The highest BCUT2D eigenvalue weighted by molar-refractivity contribution is 6.31. The Hall–Kier alpha value is -2.79. The molecule has 0 saturated carbocycles. The number of amides is 1. The first-order chi connectivity index (χ1) is 11.7. The van der Waals surface area contributed by atoms with E-state index >= 15 is 0 Å². The number of methoxy groups -OCH3 is 1. The zero-order valence-electron chi connectivity index (χ0n) is 13.1. The van der Waals surface area contributed by atoms with Gasteiger partial charge in [-0.25, -0.2) is 4.68 Å². The highest BCUT2D eigenvalue weighted by atomic mass is 35.5. The van der Waals surface area contributed by atoms with Crippen molar-refractivity contribution in [2.24, 2.45) is 0 Å². The Morgan fingerprint density at radius 2 is 1.88 bits per heavy atom. The third kappa shape index (κ3) is 3.41. The quantitative estimate of drug-likeness (QED) is 0.773. The number of ether oxygens (including phenoxy) is 1. The van der Waals surface area contributed by atoms with Crippen LogP contribution in [0.2, 0.25) is 5.02 Å². The van der Waals surface area contributed by atoms with Crippen molar-refractivity contribution in [3.63, 3.8) is 0 Å². The molecule has 122 valence electrons. The van der Waals surface area contributed by atoms with E-state index < -0.39 is 0 Å². The first-order valence-corrected chi connectivity index (χ1v) is 7.77. The molecule has 0 spiro atoms. The van der Waals surface area contributed by atoms with Gasteiger partial charge in [0.2, 0.25) is 0 Å². The minimum absolute atomic E-state index is 0.230. The summed E-state index contributed by atoms with van der Waals surface area (Å²) in [5.41, 5.74) is 1.92. The number of carbonyl (C=O) groups is 1. The molecule has 0 aliphatic rings. The van der Waals surface area contributed by atoms with Crippen LogP contribution >= 0.6 is 11.6 Å². The fraction of sp³-hybridized carbons (Fsp3) is 0.111. The lowest BCUT2D eigenvalue weighted by Gasteiger charge is -2.06. The van der Waals surface area contributed by atoms with Crippen LogP contribution in [0.4, 0.5) is 0 Å². The summed E-state index contributed by atoms with van der Waals surface area (Å²) in [6, 6.07) is 16.9. The summed E-state index contributed by atoms with van der Waals surface area (Å²) < 4.78 is 6.89. The van der Waals surface area contributed by atoms with E-state index in [2.05, 4.69) is 10.4 Å². The average molecular weight is 342 g/mol. The summed E-state index contributed by atoms with van der Waals surface area (Å²) in [7, 11) is 1.51. The van der Waals surface area contributed by atoms with E-state index in [1.807, 2.05) is 48.5 Å². The van der Waals surface area contributed by atoms with Gasteiger partial charge < -0.3 is 10.1 Å². The second-order valence-corrected chi connectivity index (χ2v) is 5.51. The van der Waals surface area contributed by atoms with Gasteiger partial charge in [0.25, 0.3) is 5.91 Å². The summed E-state index contributed by atoms with van der Waals surface area (Å²) in [5.74, 6) is 0.0944. The van der Waals surface area contributed by atoms with E-state index in [1.54, 1.807) is 16.9 Å². The molecular formula is C18H16ClN3O2. The van der Waals surface area contributed by atoms with Crippen LogP contribution in [0, 0.1) is 0 Å². The van der Waals surface area contributed by atoms with Crippen molar-refractivity contribution >= 4 is 17.5 Å². The molecule has 0 radical (unpaired) electrons. The van der Waals surface area contributed by atoms with Crippen molar-refractivity contribution in [2.75, 3.05) is 7.11 Å². The van der Waals surface area contributed by atoms with Crippen molar-refractivity contribution in [3.05, 3.63) is 77.1 Å². The number of rotatable bonds is 5. The van der Waals surface area contributed by atoms with Gasteiger partial charge in [-0.3, -0.25) is 4.79 Å². The summed E-state index contributed by atoms with van der Waals surface area (Å²) in [4.78, 5) is 12.4. The van der Waals surface area contributed by atoms with Gasteiger partial charge in [0.05, 0.1) is 19.0 Å². The van der Waals surface area contributed by atoms with Gasteiger partial charge in [-0.15, -0.1) is 0 Å². The Morgan fingerprint density at radius 1 is 1.17 bits per heavy atom. The first-order valence-electron chi connectivity index (χ1n) is 7.39. The van der Waals surface area contributed by atoms with Crippen LogP contribution in [0.5, 0.6) is 5.75 Å². The molecule has 5 nitrogen and oxygen atoms in total. The Kier molecular flexibility index (Phi) is 4.82. The first kappa shape index (κ1) is 16.1. The van der Waals surface area contributed by atoms with Crippen molar-refractivity contribution in [2.45, 2.75) is 6.54 Å². The topological polar surface area (TPSA) is 56.2 Å². The number of benzene rings is 2. The molecule has 1 amide bonds. The van der Waals surface area contributed by atoms with Crippen LogP contribution in [0.1, 0.15) is 16.1 Å². The summed E-state index contributed by atoms with van der Waals surface area (Å²) in [6.07, 6.45) is 1.68. The largest absolute Gasteiger partial charge is 0.493 e. The lowest BCUT2D eigenvalue weighted by atomic mass is 10.2. The molecule has 3 rings (SSSR count). The van der Waals surface area contributed by atoms with E-state index in [9.17, 15) is 4.79 Å². The molecular weight excluding hydrogens is 326 g/mol. The Labute approximate surface area is 144 Å². The second-order valence-electron chi connectivity index (χ2n) is 5.10. The Bertz CT molecular complexity index is 846. The number of halogens is 1. The average Bonchev–Trinajstić information content (AvgIpc) is 3.06. The van der Waals surface area contributed by atoms with E-state index in [4.69, 9.17) is 16.3 Å². The standard InChI is InChI=1S/C18H16ClN3O2/c1-24-16-12-22(14-8-3-2-4-9-14)21-17(16)18(23)20-11-13-7-5-6-10-15(13)19/h2-10,12H,11H2,1H3,(H,20,23). The highest BCUT2D eigenvalue weighted by Crippen LogP contribution is 2.20. The Balaban J connectivity index is 1.79. The highest BCUT2D eigenvalue weighted by Gasteiger charge is 2.18. The monoisotopic (exact) mass is 341 g/mol. The van der Waals surface area contributed by atoms with Gasteiger partial charge >= 0.3 is 0 Å². The lowest BCUT2D eigenvalue weighted by Crippen LogP contribution is -2.24. The molecule has 0 saturated heterocycles. The molecule has 1 aromatic heterocycles. The molecule has 0 unspecified atom stereocenters. The zero-order valence-corrected chi connectivity index (χ0v) is 13.8. The molecule has 0 atom stereocenters. The Morgan fingerprint density at radius 3 is 2.58 bits per heavy atom. The maximum atomic E-state index is 12.4. The van der Waals surface area contributed by atoms with Crippen LogP contribution in [0.25, 0.3) is 5.69 Å². The summed E-state index contributed by atoms with van der Waals surface area (Å²) >= 11 is 6.10. The van der Waals surface area contributed by atoms with Crippen molar-refractivity contribution in [3.8, 4) is 11.4 Å². The summed E-state index contributed by atoms with van der Waals surface area (Å²) in [6.45, 7) is 0.319. The van der Waals surface area contributed by atoms with E-state index in [1.165, 1.54) is 7.11 Å². The molecule has 2 aromatic carbocycles. The number of carbonyl (C=O) groups excluding carboxylic acids is 1. The molecule has 3 aromatic rings. The van der Waals surface area contributed by atoms with Crippen LogP contribution in [0.3, 0.4) is 0 Å². The molecule has 6 heteroatoms. The molecule has 0 bridgehead atoms. The van der Waals surface area contributed by atoms with Crippen molar-refractivity contribution < 1.29 is 9.53 Å². The maximum Gasteiger partial charge on any atom is 0.275 e. The normalized spacial score (nSPS) is 10.4. The van der Waals surface area contributed by atoms with Gasteiger partial charge in [0.15, 0.2) is 11.4 Å². The smallest absolute Gasteiger partial charge is 0.275 e. The van der Waals surface area contributed by atoms with E-state index in [-0.39, 0.29) is 11.6 Å². The van der Waals surface area contributed by atoms with Crippen LogP contribution in [0.15, 0.2) is 60.8 Å². The molecule has 1 heterocycles. The number of nitrogens with one attached hydrogen (secondary N) is 1. The fourth-order valence-corrected chi connectivity index (χ4v) is 2.48. The number of para-hydroxylation sites is 1. The fourth-order valence-electron chi connectivity index (χ4n) is 2.28. The van der Waals surface area contributed by atoms with Crippen LogP contribution < -0.4 is 10.1 Å². The molecule has 0 fully saturated rings.